The predicted octanol–water partition coefficient (Wildman–Crippen LogP) is 1.98. The van der Waals surface area contributed by atoms with E-state index in [4.69, 9.17) is 23.2 Å². The van der Waals surface area contributed by atoms with E-state index in [2.05, 4.69) is 19.7 Å². The number of sulfonamides is 1. The molecule has 2 aromatic rings. The molecule has 2 rings (SSSR count). The van der Waals surface area contributed by atoms with E-state index in [-0.39, 0.29) is 20.9 Å². The topological polar surface area (TPSA) is 84.8 Å². The van der Waals surface area contributed by atoms with Gasteiger partial charge >= 0.3 is 0 Å². The van der Waals surface area contributed by atoms with Crippen LogP contribution >= 0.6 is 23.2 Å². The molecular formula is C9H6Cl2N4O2S. The predicted molar refractivity (Wildman–Crippen MR) is 67.1 cm³/mol. The molecule has 2 heterocycles. The Morgan fingerprint density at radius 2 is 1.83 bits per heavy atom. The Morgan fingerprint density at radius 1 is 1.17 bits per heavy atom. The van der Waals surface area contributed by atoms with Crippen LogP contribution in [0.15, 0.2) is 35.7 Å². The summed E-state index contributed by atoms with van der Waals surface area (Å²) in [5.74, 6) is 0. The zero-order chi connectivity index (χ0) is 13.2. The summed E-state index contributed by atoms with van der Waals surface area (Å²) < 4.78 is 26.2. The van der Waals surface area contributed by atoms with Crippen molar-refractivity contribution >= 4 is 38.9 Å². The molecule has 0 atom stereocenters. The Hall–Kier alpha value is -1.44. The van der Waals surface area contributed by atoms with Gasteiger partial charge < -0.3 is 0 Å². The van der Waals surface area contributed by atoms with Crippen molar-refractivity contribution in [3.05, 3.63) is 41.2 Å². The lowest BCUT2D eigenvalue weighted by atomic mass is 10.5. The lowest BCUT2D eigenvalue weighted by Crippen LogP contribution is -2.14. The molecule has 0 fully saturated rings. The molecule has 0 radical (unpaired) electrons. The summed E-state index contributed by atoms with van der Waals surface area (Å²) in [6.45, 7) is 0. The monoisotopic (exact) mass is 304 g/mol. The molecule has 2 aromatic heterocycles. The van der Waals surface area contributed by atoms with Crippen molar-refractivity contribution < 1.29 is 8.42 Å². The molecular weight excluding hydrogens is 299 g/mol. The smallest absolute Gasteiger partial charge is 0.263 e. The summed E-state index contributed by atoms with van der Waals surface area (Å²) in [6.07, 6.45) is 3.80. The fraction of sp³-hybridized carbons (Fsp3) is 0. The normalized spacial score (nSPS) is 11.2. The summed E-state index contributed by atoms with van der Waals surface area (Å²) in [5, 5.41) is -0.162. The van der Waals surface area contributed by atoms with Crippen molar-refractivity contribution in [3.8, 4) is 0 Å². The second kappa shape index (κ2) is 5.05. The highest BCUT2D eigenvalue weighted by molar-refractivity contribution is 7.92. The van der Waals surface area contributed by atoms with Gasteiger partial charge in [-0.05, 0) is 12.1 Å². The van der Waals surface area contributed by atoms with E-state index >= 15 is 0 Å². The summed E-state index contributed by atoms with van der Waals surface area (Å²) in [7, 11) is -3.82. The molecule has 6 nitrogen and oxygen atoms in total. The third kappa shape index (κ3) is 2.69. The van der Waals surface area contributed by atoms with Crippen molar-refractivity contribution in [3.63, 3.8) is 0 Å². The number of rotatable bonds is 3. The lowest BCUT2D eigenvalue weighted by molar-refractivity contribution is 0.600. The third-order valence-corrected chi connectivity index (χ3v) is 3.84. The summed E-state index contributed by atoms with van der Waals surface area (Å²) in [6, 6.07) is 2.89. The number of anilines is 1. The van der Waals surface area contributed by atoms with Gasteiger partial charge in [-0.1, -0.05) is 23.2 Å². The Balaban J connectivity index is 2.41. The van der Waals surface area contributed by atoms with Crippen molar-refractivity contribution in [2.24, 2.45) is 0 Å². The van der Waals surface area contributed by atoms with Gasteiger partial charge in [0.05, 0.1) is 0 Å². The van der Waals surface area contributed by atoms with Crippen LogP contribution in [0.1, 0.15) is 0 Å². The van der Waals surface area contributed by atoms with Crippen LogP contribution in [-0.2, 0) is 10.0 Å². The fourth-order valence-corrected chi connectivity index (χ4v) is 2.69. The highest BCUT2D eigenvalue weighted by Gasteiger charge is 2.18. The first-order valence-electron chi connectivity index (χ1n) is 4.59. The van der Waals surface area contributed by atoms with Crippen LogP contribution in [0.25, 0.3) is 0 Å². The Kier molecular flexibility index (Phi) is 3.65. The molecule has 0 saturated heterocycles. The molecule has 1 N–H and O–H groups in total. The van der Waals surface area contributed by atoms with Gasteiger partial charge in [0.1, 0.15) is 16.9 Å². The molecule has 0 spiro atoms. The van der Waals surface area contributed by atoms with Crippen molar-refractivity contribution in [2.75, 3.05) is 4.72 Å². The molecule has 0 amide bonds. The summed E-state index contributed by atoms with van der Waals surface area (Å²) in [4.78, 5) is 11.0. The van der Waals surface area contributed by atoms with Gasteiger partial charge in [-0.3, -0.25) is 9.71 Å². The number of nitrogens with one attached hydrogen (secondary N) is 1. The van der Waals surface area contributed by atoms with Crippen LogP contribution in [0.5, 0.6) is 0 Å². The average Bonchev–Trinajstić information content (AvgIpc) is 2.35. The molecule has 0 saturated carbocycles. The number of pyridine rings is 1. The van der Waals surface area contributed by atoms with Crippen molar-refractivity contribution in [1.29, 1.82) is 0 Å². The maximum absolute atomic E-state index is 12.0. The molecule has 0 bridgehead atoms. The van der Waals surface area contributed by atoms with Crippen LogP contribution < -0.4 is 4.72 Å². The quantitative estimate of drug-likeness (QED) is 0.876. The molecule has 0 aromatic carbocycles. The molecule has 94 valence electrons. The maximum atomic E-state index is 12.0. The van der Waals surface area contributed by atoms with Crippen LogP contribution in [0.4, 0.5) is 5.69 Å². The SMILES string of the molecule is O=S(=O)(Nc1c(Cl)ncnc1Cl)c1cccnc1. The van der Waals surface area contributed by atoms with E-state index in [1.807, 2.05) is 0 Å². The van der Waals surface area contributed by atoms with Gasteiger partial charge in [-0.25, -0.2) is 18.4 Å². The van der Waals surface area contributed by atoms with Gasteiger partial charge in [-0.15, -0.1) is 0 Å². The van der Waals surface area contributed by atoms with Gasteiger partial charge in [0.15, 0.2) is 10.3 Å². The molecule has 0 aliphatic heterocycles. The van der Waals surface area contributed by atoms with Crippen molar-refractivity contribution in [2.45, 2.75) is 4.90 Å². The fourth-order valence-electron chi connectivity index (χ4n) is 1.13. The minimum atomic E-state index is -3.82. The largest absolute Gasteiger partial charge is 0.274 e. The first-order chi connectivity index (χ1) is 8.50. The van der Waals surface area contributed by atoms with E-state index in [0.717, 1.165) is 6.33 Å². The zero-order valence-corrected chi connectivity index (χ0v) is 11.0. The zero-order valence-electron chi connectivity index (χ0n) is 8.71. The standard InChI is InChI=1S/C9H6Cl2N4O2S/c10-8-7(9(11)14-5-13-8)15-18(16,17)6-2-1-3-12-4-6/h1-5,15H. The Morgan fingerprint density at radius 3 is 2.39 bits per heavy atom. The van der Waals surface area contributed by atoms with Crippen LogP contribution in [-0.4, -0.2) is 23.4 Å². The second-order valence-corrected chi connectivity index (χ2v) is 5.52. The minimum absolute atomic E-state index is 0.0130. The van der Waals surface area contributed by atoms with E-state index < -0.39 is 10.0 Å². The van der Waals surface area contributed by atoms with Crippen LogP contribution in [0.2, 0.25) is 10.3 Å². The molecule has 0 unspecified atom stereocenters. The highest BCUT2D eigenvalue weighted by atomic mass is 35.5. The first kappa shape index (κ1) is 13.0. The Labute approximate surface area is 113 Å². The number of nitrogens with zero attached hydrogens (tertiary/aromatic N) is 3. The number of hydrogen-bond donors (Lipinski definition) is 1. The van der Waals surface area contributed by atoms with Gasteiger partial charge in [0.25, 0.3) is 10.0 Å². The minimum Gasteiger partial charge on any atom is -0.274 e. The molecule has 9 heteroatoms. The maximum Gasteiger partial charge on any atom is 0.263 e. The van der Waals surface area contributed by atoms with Gasteiger partial charge in [0, 0.05) is 12.4 Å². The van der Waals surface area contributed by atoms with E-state index in [1.54, 1.807) is 0 Å². The Bertz CT molecular complexity index is 643. The number of hydrogen-bond acceptors (Lipinski definition) is 5. The summed E-state index contributed by atoms with van der Waals surface area (Å²) >= 11 is 11.5. The summed E-state index contributed by atoms with van der Waals surface area (Å²) in [5.41, 5.74) is -0.0651. The van der Waals surface area contributed by atoms with Gasteiger partial charge in [0.2, 0.25) is 0 Å². The third-order valence-electron chi connectivity index (χ3n) is 1.94. The second-order valence-electron chi connectivity index (χ2n) is 3.12. The van der Waals surface area contributed by atoms with E-state index in [1.165, 1.54) is 24.5 Å². The number of halogens is 2. The number of aromatic nitrogens is 3. The van der Waals surface area contributed by atoms with Crippen LogP contribution in [0.3, 0.4) is 0 Å². The van der Waals surface area contributed by atoms with E-state index in [0.29, 0.717) is 0 Å². The highest BCUT2D eigenvalue weighted by Crippen LogP contribution is 2.27. The average molecular weight is 305 g/mol. The molecule has 0 aliphatic carbocycles. The van der Waals surface area contributed by atoms with Crippen molar-refractivity contribution in [1.82, 2.24) is 15.0 Å². The molecule has 0 aliphatic rings. The first-order valence-corrected chi connectivity index (χ1v) is 6.83. The van der Waals surface area contributed by atoms with E-state index in [9.17, 15) is 8.42 Å². The van der Waals surface area contributed by atoms with Crippen LogP contribution in [0, 0.1) is 0 Å². The molecule has 18 heavy (non-hydrogen) atoms. The van der Waals surface area contributed by atoms with Gasteiger partial charge in [-0.2, -0.15) is 0 Å². The lowest BCUT2D eigenvalue weighted by Gasteiger charge is -2.09.